The fraction of sp³-hybridized carbons (Fsp3) is 0.846. The largest absolute Gasteiger partial charge is 0.0888 e. The summed E-state index contributed by atoms with van der Waals surface area (Å²) in [4.78, 5) is 0. The molecule has 0 saturated heterocycles. The average Bonchev–Trinajstić information content (AvgIpc) is 2.62. The van der Waals surface area contributed by atoms with E-state index in [1.807, 2.05) is 0 Å². The molecule has 76 valence electrons. The summed E-state index contributed by atoms with van der Waals surface area (Å²) in [6, 6.07) is 0. The molecule has 0 aromatic carbocycles. The second kappa shape index (κ2) is 5.47. The Morgan fingerprint density at radius 3 is 2.31 bits per heavy atom. The van der Waals surface area contributed by atoms with Crippen molar-refractivity contribution in [2.45, 2.75) is 65.2 Å². The van der Waals surface area contributed by atoms with E-state index in [0.29, 0.717) is 0 Å². The Morgan fingerprint density at radius 2 is 1.77 bits per heavy atom. The normalized spacial score (nSPS) is 21.4. The first kappa shape index (κ1) is 10.8. The number of hydrogen-bond donors (Lipinski definition) is 0. The zero-order valence-corrected chi connectivity index (χ0v) is 9.31. The van der Waals surface area contributed by atoms with Gasteiger partial charge >= 0.3 is 0 Å². The first-order chi connectivity index (χ1) is 6.33. The molecule has 0 aromatic heterocycles. The van der Waals surface area contributed by atoms with Crippen LogP contribution in [0, 0.1) is 5.41 Å². The van der Waals surface area contributed by atoms with E-state index in [-0.39, 0.29) is 0 Å². The molecule has 0 radical (unpaired) electrons. The van der Waals surface area contributed by atoms with Gasteiger partial charge in [-0.25, -0.2) is 0 Å². The Bertz CT molecular complexity index is 149. The van der Waals surface area contributed by atoms with Crippen LogP contribution in [0.15, 0.2) is 12.2 Å². The van der Waals surface area contributed by atoms with Gasteiger partial charge in [-0.1, -0.05) is 45.3 Å². The molecule has 0 heteroatoms. The molecule has 1 rings (SSSR count). The van der Waals surface area contributed by atoms with Gasteiger partial charge in [-0.15, -0.1) is 0 Å². The standard InChI is InChI=1S/C13H24/c1-3-5-6-7-10-13(4-2)11-8-9-12-13/h5-6H,3-4,7-12H2,1-2H3/b6-5+. The molecule has 1 aliphatic carbocycles. The summed E-state index contributed by atoms with van der Waals surface area (Å²) in [6.07, 6.45) is 15.9. The molecule has 0 heterocycles. The van der Waals surface area contributed by atoms with Gasteiger partial charge in [0.25, 0.3) is 0 Å². The number of rotatable bonds is 5. The quantitative estimate of drug-likeness (QED) is 0.538. The Hall–Kier alpha value is -0.260. The van der Waals surface area contributed by atoms with E-state index in [4.69, 9.17) is 0 Å². The SMILES string of the molecule is CC/C=C/CCC1(CC)CCCC1. The average molecular weight is 180 g/mol. The van der Waals surface area contributed by atoms with Gasteiger partial charge in [-0.05, 0) is 37.5 Å². The van der Waals surface area contributed by atoms with Gasteiger partial charge < -0.3 is 0 Å². The van der Waals surface area contributed by atoms with E-state index in [2.05, 4.69) is 26.0 Å². The Morgan fingerprint density at radius 1 is 1.08 bits per heavy atom. The minimum Gasteiger partial charge on any atom is -0.0888 e. The van der Waals surface area contributed by atoms with Crippen LogP contribution in [0.3, 0.4) is 0 Å². The molecule has 0 aromatic rings. The first-order valence-corrected chi connectivity index (χ1v) is 5.98. The third-order valence-corrected chi connectivity index (χ3v) is 3.66. The Balaban J connectivity index is 2.27. The predicted molar refractivity (Wildman–Crippen MR) is 59.9 cm³/mol. The minimum absolute atomic E-state index is 0.734. The Kier molecular flexibility index (Phi) is 4.55. The van der Waals surface area contributed by atoms with Crippen molar-refractivity contribution in [3.05, 3.63) is 12.2 Å². The maximum absolute atomic E-state index is 2.37. The van der Waals surface area contributed by atoms with E-state index >= 15 is 0 Å². The lowest BCUT2D eigenvalue weighted by Crippen LogP contribution is -2.14. The minimum atomic E-state index is 0.734. The summed E-state index contributed by atoms with van der Waals surface area (Å²) in [5.74, 6) is 0. The van der Waals surface area contributed by atoms with Gasteiger partial charge in [-0.3, -0.25) is 0 Å². The zero-order valence-electron chi connectivity index (χ0n) is 9.31. The van der Waals surface area contributed by atoms with Crippen molar-refractivity contribution >= 4 is 0 Å². The van der Waals surface area contributed by atoms with Crippen molar-refractivity contribution < 1.29 is 0 Å². The van der Waals surface area contributed by atoms with E-state index in [0.717, 1.165) is 5.41 Å². The van der Waals surface area contributed by atoms with Crippen molar-refractivity contribution in [3.8, 4) is 0 Å². The van der Waals surface area contributed by atoms with Crippen molar-refractivity contribution in [2.75, 3.05) is 0 Å². The van der Waals surface area contributed by atoms with Crippen LogP contribution in [0.25, 0.3) is 0 Å². The topological polar surface area (TPSA) is 0 Å². The maximum Gasteiger partial charge on any atom is -0.0297 e. The molecular weight excluding hydrogens is 156 g/mol. The second-order valence-corrected chi connectivity index (χ2v) is 4.48. The first-order valence-electron chi connectivity index (χ1n) is 5.98. The lowest BCUT2D eigenvalue weighted by Gasteiger charge is -2.26. The van der Waals surface area contributed by atoms with Crippen molar-refractivity contribution in [2.24, 2.45) is 5.41 Å². The van der Waals surface area contributed by atoms with Crippen molar-refractivity contribution in [1.29, 1.82) is 0 Å². The van der Waals surface area contributed by atoms with Gasteiger partial charge in [0.05, 0.1) is 0 Å². The van der Waals surface area contributed by atoms with Crippen LogP contribution >= 0.6 is 0 Å². The van der Waals surface area contributed by atoms with Gasteiger partial charge in [0.2, 0.25) is 0 Å². The van der Waals surface area contributed by atoms with Crippen molar-refractivity contribution in [1.82, 2.24) is 0 Å². The molecule has 13 heavy (non-hydrogen) atoms. The zero-order chi connectivity index (χ0) is 9.57. The highest BCUT2D eigenvalue weighted by atomic mass is 14.4. The molecule has 0 atom stereocenters. The van der Waals surface area contributed by atoms with Crippen molar-refractivity contribution in [3.63, 3.8) is 0 Å². The number of allylic oxidation sites excluding steroid dienone is 2. The molecule has 0 unspecified atom stereocenters. The molecule has 0 aliphatic heterocycles. The molecule has 0 nitrogen and oxygen atoms in total. The fourth-order valence-corrected chi connectivity index (χ4v) is 2.58. The van der Waals surface area contributed by atoms with E-state index in [9.17, 15) is 0 Å². The van der Waals surface area contributed by atoms with Crippen LogP contribution in [-0.4, -0.2) is 0 Å². The summed E-state index contributed by atoms with van der Waals surface area (Å²) in [5, 5.41) is 0. The molecule has 0 amide bonds. The van der Waals surface area contributed by atoms with Crippen LogP contribution in [0.4, 0.5) is 0 Å². The number of hydrogen-bond acceptors (Lipinski definition) is 0. The molecule has 1 fully saturated rings. The van der Waals surface area contributed by atoms with Crippen LogP contribution in [0.1, 0.15) is 65.2 Å². The van der Waals surface area contributed by atoms with Crippen LogP contribution in [-0.2, 0) is 0 Å². The van der Waals surface area contributed by atoms with Gasteiger partial charge in [-0.2, -0.15) is 0 Å². The monoisotopic (exact) mass is 180 g/mol. The molecule has 0 N–H and O–H groups in total. The fourth-order valence-electron chi connectivity index (χ4n) is 2.58. The predicted octanol–water partition coefficient (Wildman–Crippen LogP) is 4.70. The third kappa shape index (κ3) is 3.17. The Labute approximate surface area is 83.4 Å². The molecule has 1 saturated carbocycles. The van der Waals surface area contributed by atoms with E-state index in [1.54, 1.807) is 0 Å². The summed E-state index contributed by atoms with van der Waals surface area (Å²) < 4.78 is 0. The van der Waals surface area contributed by atoms with Gasteiger partial charge in [0.15, 0.2) is 0 Å². The lowest BCUT2D eigenvalue weighted by molar-refractivity contribution is 0.262. The highest BCUT2D eigenvalue weighted by Gasteiger charge is 2.30. The maximum atomic E-state index is 2.37. The smallest absolute Gasteiger partial charge is 0.0297 e. The summed E-state index contributed by atoms with van der Waals surface area (Å²) in [6.45, 7) is 4.58. The summed E-state index contributed by atoms with van der Waals surface area (Å²) >= 11 is 0. The molecular formula is C13H24. The van der Waals surface area contributed by atoms with Crippen LogP contribution < -0.4 is 0 Å². The van der Waals surface area contributed by atoms with Crippen LogP contribution in [0.2, 0.25) is 0 Å². The van der Waals surface area contributed by atoms with Gasteiger partial charge in [0, 0.05) is 0 Å². The molecule has 0 spiro atoms. The van der Waals surface area contributed by atoms with Gasteiger partial charge in [0.1, 0.15) is 0 Å². The third-order valence-electron chi connectivity index (χ3n) is 3.66. The highest BCUT2D eigenvalue weighted by Crippen LogP contribution is 2.44. The van der Waals surface area contributed by atoms with Crippen LogP contribution in [0.5, 0.6) is 0 Å². The second-order valence-electron chi connectivity index (χ2n) is 4.48. The lowest BCUT2D eigenvalue weighted by atomic mass is 9.79. The van der Waals surface area contributed by atoms with E-state index < -0.39 is 0 Å². The molecule has 1 aliphatic rings. The molecule has 0 bridgehead atoms. The highest BCUT2D eigenvalue weighted by molar-refractivity contribution is 4.88. The summed E-state index contributed by atoms with van der Waals surface area (Å²) in [5.41, 5.74) is 0.734. The van der Waals surface area contributed by atoms with E-state index in [1.165, 1.54) is 51.4 Å². The summed E-state index contributed by atoms with van der Waals surface area (Å²) in [7, 11) is 0.